The van der Waals surface area contributed by atoms with Crippen LogP contribution in [0.4, 0.5) is 0 Å². The van der Waals surface area contributed by atoms with Crippen LogP contribution in [0.15, 0.2) is 6.07 Å². The molecule has 17 heavy (non-hydrogen) atoms. The van der Waals surface area contributed by atoms with E-state index in [1.165, 1.54) is 29.8 Å². The normalized spacial score (nSPS) is 11.4. The van der Waals surface area contributed by atoms with Gasteiger partial charge in [0.25, 0.3) is 0 Å². The minimum Gasteiger partial charge on any atom is -0.349 e. The molecule has 0 amide bonds. The third kappa shape index (κ3) is 3.60. The Balaban J connectivity index is 2.52. The van der Waals surface area contributed by atoms with Gasteiger partial charge in [0, 0.05) is 24.5 Å². The van der Waals surface area contributed by atoms with Gasteiger partial charge in [-0.05, 0) is 44.9 Å². The smallest absolute Gasteiger partial charge is 0.0223 e. The van der Waals surface area contributed by atoms with Crippen LogP contribution < -0.4 is 5.32 Å². The maximum absolute atomic E-state index is 3.60. The Kier molecular flexibility index (Phi) is 5.76. The Morgan fingerprint density at radius 1 is 1.18 bits per heavy atom. The highest BCUT2D eigenvalue weighted by Crippen LogP contribution is 2.15. The molecule has 0 aliphatic carbocycles. The Labute approximate surface area is 106 Å². The molecule has 0 atom stereocenters. The first-order valence-corrected chi connectivity index (χ1v) is 7.00. The van der Waals surface area contributed by atoms with Gasteiger partial charge in [-0.25, -0.2) is 0 Å². The van der Waals surface area contributed by atoms with Gasteiger partial charge in [0.05, 0.1) is 0 Å². The molecule has 0 fully saturated rings. The summed E-state index contributed by atoms with van der Waals surface area (Å²) in [5.41, 5.74) is 4.25. The molecule has 98 valence electrons. The number of hydrogen-bond acceptors (Lipinski definition) is 1. The van der Waals surface area contributed by atoms with Gasteiger partial charge in [-0.2, -0.15) is 0 Å². The summed E-state index contributed by atoms with van der Waals surface area (Å²) in [6, 6.07) is 2.32. The molecule has 0 saturated carbocycles. The van der Waals surface area contributed by atoms with Crippen molar-refractivity contribution in [2.45, 2.75) is 60.5 Å². The van der Waals surface area contributed by atoms with Crippen molar-refractivity contribution >= 4 is 0 Å². The lowest BCUT2D eigenvalue weighted by molar-refractivity contribution is 0.449. The van der Waals surface area contributed by atoms with Gasteiger partial charge in [0.1, 0.15) is 0 Å². The van der Waals surface area contributed by atoms with Crippen molar-refractivity contribution < 1.29 is 0 Å². The lowest BCUT2D eigenvalue weighted by atomic mass is 10.0. The minimum absolute atomic E-state index is 0.824. The van der Waals surface area contributed by atoms with Crippen LogP contribution >= 0.6 is 0 Å². The highest BCUT2D eigenvalue weighted by atomic mass is 15.0. The van der Waals surface area contributed by atoms with Gasteiger partial charge >= 0.3 is 0 Å². The molecular weight excluding hydrogens is 208 g/mol. The summed E-state index contributed by atoms with van der Waals surface area (Å²) in [5.74, 6) is 0.824. The second kappa shape index (κ2) is 6.85. The molecule has 0 spiro atoms. The molecule has 1 N–H and O–H groups in total. The lowest BCUT2D eigenvalue weighted by Crippen LogP contribution is -2.22. The summed E-state index contributed by atoms with van der Waals surface area (Å²) in [6.07, 6.45) is 2.55. The first kappa shape index (κ1) is 14.3. The molecule has 0 unspecified atom stereocenters. The van der Waals surface area contributed by atoms with Crippen LogP contribution in [0.5, 0.6) is 0 Å². The number of hydrogen-bond donors (Lipinski definition) is 1. The van der Waals surface area contributed by atoms with E-state index in [2.05, 4.69) is 50.6 Å². The minimum atomic E-state index is 0.824. The van der Waals surface area contributed by atoms with E-state index in [1.54, 1.807) is 0 Å². The van der Waals surface area contributed by atoms with Crippen molar-refractivity contribution in [3.63, 3.8) is 0 Å². The molecule has 0 aromatic carbocycles. The van der Waals surface area contributed by atoms with Gasteiger partial charge < -0.3 is 9.88 Å². The van der Waals surface area contributed by atoms with E-state index in [4.69, 9.17) is 0 Å². The van der Waals surface area contributed by atoms with E-state index in [0.717, 1.165) is 25.6 Å². The summed E-state index contributed by atoms with van der Waals surface area (Å²) in [7, 11) is 0. The van der Waals surface area contributed by atoms with Gasteiger partial charge in [-0.1, -0.05) is 26.7 Å². The highest BCUT2D eigenvalue weighted by molar-refractivity contribution is 5.26. The van der Waals surface area contributed by atoms with Crippen molar-refractivity contribution in [1.82, 2.24) is 9.88 Å². The molecule has 1 aromatic rings. The quantitative estimate of drug-likeness (QED) is 0.764. The molecule has 1 aromatic heterocycles. The van der Waals surface area contributed by atoms with Crippen LogP contribution in [-0.2, 0) is 13.1 Å². The van der Waals surface area contributed by atoms with E-state index >= 15 is 0 Å². The zero-order valence-electron chi connectivity index (χ0n) is 12.1. The number of rotatable bonds is 7. The van der Waals surface area contributed by atoms with E-state index in [1.807, 2.05) is 0 Å². The standard InChI is InChI=1S/C15H28N2/c1-6-14(7-2)10-16-11-15-9-12(4)17(8-3)13(15)5/h9,14,16H,6-8,10-11H2,1-5H3. The number of nitrogens with one attached hydrogen (secondary N) is 1. The van der Waals surface area contributed by atoms with E-state index < -0.39 is 0 Å². The molecule has 0 aliphatic rings. The topological polar surface area (TPSA) is 17.0 Å². The number of nitrogens with zero attached hydrogens (tertiary/aromatic N) is 1. The van der Waals surface area contributed by atoms with Crippen LogP contribution in [0.25, 0.3) is 0 Å². The van der Waals surface area contributed by atoms with Crippen molar-refractivity contribution in [2.24, 2.45) is 5.92 Å². The van der Waals surface area contributed by atoms with Gasteiger partial charge in [-0.15, -0.1) is 0 Å². The molecule has 1 heterocycles. The highest BCUT2D eigenvalue weighted by Gasteiger charge is 2.08. The molecule has 2 heteroatoms. The van der Waals surface area contributed by atoms with Gasteiger partial charge in [0.15, 0.2) is 0 Å². The van der Waals surface area contributed by atoms with Crippen LogP contribution in [-0.4, -0.2) is 11.1 Å². The average Bonchev–Trinajstić information content (AvgIpc) is 2.60. The molecule has 2 nitrogen and oxygen atoms in total. The summed E-state index contributed by atoms with van der Waals surface area (Å²) >= 11 is 0. The van der Waals surface area contributed by atoms with Gasteiger partial charge in [0.2, 0.25) is 0 Å². The third-order valence-corrected chi connectivity index (χ3v) is 3.90. The summed E-state index contributed by atoms with van der Waals surface area (Å²) < 4.78 is 2.38. The Hall–Kier alpha value is -0.760. The molecule has 0 saturated heterocycles. The first-order chi connectivity index (χ1) is 8.13. The van der Waals surface area contributed by atoms with Crippen LogP contribution in [0.1, 0.15) is 50.6 Å². The van der Waals surface area contributed by atoms with Crippen molar-refractivity contribution in [2.75, 3.05) is 6.54 Å². The molecule has 0 bridgehead atoms. The van der Waals surface area contributed by atoms with Crippen molar-refractivity contribution in [3.8, 4) is 0 Å². The summed E-state index contributed by atoms with van der Waals surface area (Å²) in [4.78, 5) is 0. The molecule has 1 rings (SSSR count). The fourth-order valence-electron chi connectivity index (χ4n) is 2.53. The van der Waals surface area contributed by atoms with Crippen LogP contribution in [0.2, 0.25) is 0 Å². The number of aromatic nitrogens is 1. The zero-order valence-corrected chi connectivity index (χ0v) is 12.1. The molecular formula is C15H28N2. The van der Waals surface area contributed by atoms with E-state index in [0.29, 0.717) is 0 Å². The fraction of sp³-hybridized carbons (Fsp3) is 0.733. The molecule has 0 radical (unpaired) electrons. The molecule has 0 aliphatic heterocycles. The SMILES string of the molecule is CCC(CC)CNCc1cc(C)n(CC)c1C. The zero-order chi connectivity index (χ0) is 12.8. The third-order valence-electron chi connectivity index (χ3n) is 3.90. The van der Waals surface area contributed by atoms with Gasteiger partial charge in [-0.3, -0.25) is 0 Å². The largest absolute Gasteiger partial charge is 0.349 e. The fourth-order valence-corrected chi connectivity index (χ4v) is 2.53. The Bertz CT molecular complexity index is 335. The predicted octanol–water partition coefficient (Wildman–Crippen LogP) is 3.65. The van der Waals surface area contributed by atoms with Crippen molar-refractivity contribution in [3.05, 3.63) is 23.0 Å². The number of aryl methyl sites for hydroxylation is 1. The monoisotopic (exact) mass is 236 g/mol. The predicted molar refractivity (Wildman–Crippen MR) is 75.4 cm³/mol. The van der Waals surface area contributed by atoms with E-state index in [-0.39, 0.29) is 0 Å². The second-order valence-electron chi connectivity index (χ2n) is 4.95. The second-order valence-corrected chi connectivity index (χ2v) is 4.95. The maximum atomic E-state index is 3.60. The maximum Gasteiger partial charge on any atom is 0.0223 e. The lowest BCUT2D eigenvalue weighted by Gasteiger charge is -2.13. The Morgan fingerprint density at radius 3 is 2.29 bits per heavy atom. The Morgan fingerprint density at radius 2 is 1.82 bits per heavy atom. The van der Waals surface area contributed by atoms with Crippen LogP contribution in [0, 0.1) is 19.8 Å². The summed E-state index contributed by atoms with van der Waals surface area (Å²) in [6.45, 7) is 14.4. The average molecular weight is 236 g/mol. The summed E-state index contributed by atoms with van der Waals surface area (Å²) in [5, 5.41) is 3.60. The van der Waals surface area contributed by atoms with E-state index in [9.17, 15) is 0 Å². The van der Waals surface area contributed by atoms with Crippen molar-refractivity contribution in [1.29, 1.82) is 0 Å². The first-order valence-electron chi connectivity index (χ1n) is 7.00. The van der Waals surface area contributed by atoms with Crippen LogP contribution in [0.3, 0.4) is 0 Å².